The molecule has 0 N–H and O–H groups in total. The van der Waals surface area contributed by atoms with Crippen molar-refractivity contribution in [2.75, 3.05) is 21.3 Å². The van der Waals surface area contributed by atoms with E-state index < -0.39 is 0 Å². The van der Waals surface area contributed by atoms with E-state index in [1.54, 1.807) is 14.2 Å². The molecule has 2 aliphatic rings. The van der Waals surface area contributed by atoms with Gasteiger partial charge in [-0.15, -0.1) is 0 Å². The SMILES string of the molecule is C=C(OC)C1=Cc2cc(OC)ccc2-c2c(C3CCCCC3)c3ccc(C(=O)OC)cc3n2C1. The molecule has 1 aliphatic heterocycles. The van der Waals surface area contributed by atoms with E-state index in [-0.39, 0.29) is 5.97 Å². The second-order valence-electron chi connectivity index (χ2n) is 9.16. The molecule has 1 saturated carbocycles. The molecule has 34 heavy (non-hydrogen) atoms. The van der Waals surface area contributed by atoms with Crippen molar-refractivity contribution in [2.45, 2.75) is 44.6 Å². The molecule has 5 rings (SSSR count). The van der Waals surface area contributed by atoms with E-state index >= 15 is 0 Å². The highest BCUT2D eigenvalue weighted by molar-refractivity contribution is 6.00. The molecule has 1 fully saturated rings. The largest absolute Gasteiger partial charge is 0.497 e. The Morgan fingerprint density at radius 1 is 1.00 bits per heavy atom. The molecule has 5 nitrogen and oxygen atoms in total. The first-order chi connectivity index (χ1) is 16.5. The third-order valence-electron chi connectivity index (χ3n) is 7.31. The number of carbonyl (C=O) groups is 1. The molecule has 0 amide bonds. The zero-order valence-corrected chi connectivity index (χ0v) is 20.1. The van der Waals surface area contributed by atoms with Crippen molar-refractivity contribution in [1.82, 2.24) is 4.57 Å². The molecule has 3 aromatic rings. The van der Waals surface area contributed by atoms with Gasteiger partial charge in [-0.25, -0.2) is 4.79 Å². The summed E-state index contributed by atoms with van der Waals surface area (Å²) in [6.45, 7) is 4.76. The number of carbonyl (C=O) groups excluding carboxylic acids is 1. The van der Waals surface area contributed by atoms with Crippen molar-refractivity contribution in [3.05, 3.63) is 71.0 Å². The van der Waals surface area contributed by atoms with Gasteiger partial charge in [0.05, 0.1) is 39.1 Å². The fourth-order valence-electron chi connectivity index (χ4n) is 5.59. The number of nitrogens with zero attached hydrogens (tertiary/aromatic N) is 1. The summed E-state index contributed by atoms with van der Waals surface area (Å²) < 4.78 is 18.5. The molecule has 0 bridgehead atoms. The monoisotopic (exact) mass is 457 g/mol. The van der Waals surface area contributed by atoms with Crippen LogP contribution < -0.4 is 4.74 Å². The number of rotatable bonds is 5. The van der Waals surface area contributed by atoms with Gasteiger partial charge in [-0.3, -0.25) is 0 Å². The summed E-state index contributed by atoms with van der Waals surface area (Å²) in [6, 6.07) is 12.2. The van der Waals surface area contributed by atoms with Gasteiger partial charge in [-0.1, -0.05) is 31.9 Å². The van der Waals surface area contributed by atoms with E-state index in [0.29, 0.717) is 23.8 Å². The van der Waals surface area contributed by atoms with Crippen molar-refractivity contribution in [3.8, 4) is 17.0 Å². The summed E-state index contributed by atoms with van der Waals surface area (Å²) in [6.07, 6.45) is 8.30. The Hall–Kier alpha value is -3.47. The summed E-state index contributed by atoms with van der Waals surface area (Å²) >= 11 is 0. The lowest BCUT2D eigenvalue weighted by molar-refractivity contribution is 0.0601. The number of hydrogen-bond acceptors (Lipinski definition) is 4. The molecule has 176 valence electrons. The molecule has 0 radical (unpaired) electrons. The Bertz CT molecular complexity index is 1310. The van der Waals surface area contributed by atoms with Gasteiger partial charge in [0.1, 0.15) is 11.5 Å². The Morgan fingerprint density at radius 2 is 1.79 bits per heavy atom. The maximum Gasteiger partial charge on any atom is 0.337 e. The highest BCUT2D eigenvalue weighted by Gasteiger charge is 2.30. The van der Waals surface area contributed by atoms with Crippen molar-refractivity contribution < 1.29 is 19.0 Å². The Labute approximate surface area is 200 Å². The van der Waals surface area contributed by atoms with E-state index in [1.165, 1.54) is 55.9 Å². The van der Waals surface area contributed by atoms with Gasteiger partial charge >= 0.3 is 5.97 Å². The Morgan fingerprint density at radius 3 is 2.50 bits per heavy atom. The summed E-state index contributed by atoms with van der Waals surface area (Å²) in [5.74, 6) is 1.60. The number of hydrogen-bond donors (Lipinski definition) is 0. The third-order valence-corrected chi connectivity index (χ3v) is 7.31. The van der Waals surface area contributed by atoms with Gasteiger partial charge in [0, 0.05) is 22.0 Å². The molecular weight excluding hydrogens is 426 g/mol. The zero-order valence-electron chi connectivity index (χ0n) is 20.1. The van der Waals surface area contributed by atoms with E-state index in [4.69, 9.17) is 14.2 Å². The summed E-state index contributed by atoms with van der Waals surface area (Å²) in [4.78, 5) is 12.4. The minimum absolute atomic E-state index is 0.326. The fourth-order valence-corrected chi connectivity index (χ4v) is 5.59. The smallest absolute Gasteiger partial charge is 0.337 e. The standard InChI is InChI=1S/C29H31NO4/c1-18(32-2)22-14-21-15-23(33-3)11-13-24(21)28-27(19-8-6-5-7-9-19)25-12-10-20(29(31)34-4)16-26(25)30(28)17-22/h10-16,19H,1,5-9,17H2,2-4H3. The van der Waals surface area contributed by atoms with Crippen molar-refractivity contribution in [3.63, 3.8) is 0 Å². The van der Waals surface area contributed by atoms with E-state index in [9.17, 15) is 4.79 Å². The fraction of sp³-hybridized carbons (Fsp3) is 0.345. The second kappa shape index (κ2) is 9.05. The van der Waals surface area contributed by atoms with Crippen LogP contribution in [0.3, 0.4) is 0 Å². The van der Waals surface area contributed by atoms with Gasteiger partial charge in [-0.05, 0) is 66.3 Å². The number of esters is 1. The Kier molecular flexibility index (Phi) is 5.94. The van der Waals surface area contributed by atoms with Gasteiger partial charge in [0.15, 0.2) is 0 Å². The second-order valence-corrected chi connectivity index (χ2v) is 9.16. The van der Waals surface area contributed by atoms with Crippen LogP contribution in [0.4, 0.5) is 0 Å². The van der Waals surface area contributed by atoms with Crippen LogP contribution in [-0.4, -0.2) is 31.9 Å². The zero-order chi connectivity index (χ0) is 23.8. The number of aromatic nitrogens is 1. The molecule has 0 unspecified atom stereocenters. The van der Waals surface area contributed by atoms with Gasteiger partial charge in [-0.2, -0.15) is 0 Å². The molecule has 2 aromatic carbocycles. The average Bonchev–Trinajstić information content (AvgIpc) is 3.10. The van der Waals surface area contributed by atoms with Crippen LogP contribution in [-0.2, 0) is 16.0 Å². The predicted octanol–water partition coefficient (Wildman–Crippen LogP) is 6.71. The molecule has 0 atom stereocenters. The number of fused-ring (bicyclic) bond motifs is 5. The lowest BCUT2D eigenvalue weighted by atomic mass is 9.81. The van der Waals surface area contributed by atoms with Gasteiger partial charge < -0.3 is 18.8 Å². The molecule has 1 aliphatic carbocycles. The van der Waals surface area contributed by atoms with Crippen LogP contribution in [0.15, 0.2) is 54.3 Å². The van der Waals surface area contributed by atoms with Crippen LogP contribution in [0, 0.1) is 0 Å². The van der Waals surface area contributed by atoms with E-state index in [2.05, 4.69) is 35.4 Å². The lowest BCUT2D eigenvalue weighted by Crippen LogP contribution is -2.08. The highest BCUT2D eigenvalue weighted by Crippen LogP contribution is 2.47. The minimum Gasteiger partial charge on any atom is -0.497 e. The summed E-state index contributed by atoms with van der Waals surface area (Å²) in [5, 5.41) is 1.21. The first-order valence-corrected chi connectivity index (χ1v) is 11.9. The predicted molar refractivity (Wildman–Crippen MR) is 135 cm³/mol. The highest BCUT2D eigenvalue weighted by atomic mass is 16.5. The maximum absolute atomic E-state index is 12.4. The topological polar surface area (TPSA) is 49.7 Å². The molecule has 0 saturated heterocycles. The quantitative estimate of drug-likeness (QED) is 0.316. The van der Waals surface area contributed by atoms with E-state index in [1.807, 2.05) is 18.2 Å². The first-order valence-electron chi connectivity index (χ1n) is 11.9. The van der Waals surface area contributed by atoms with Crippen molar-refractivity contribution in [1.29, 1.82) is 0 Å². The van der Waals surface area contributed by atoms with Crippen LogP contribution in [0.25, 0.3) is 28.2 Å². The van der Waals surface area contributed by atoms with Crippen LogP contribution in [0.1, 0.15) is 59.5 Å². The van der Waals surface area contributed by atoms with Crippen molar-refractivity contribution >= 4 is 22.9 Å². The number of methoxy groups -OCH3 is 3. The van der Waals surface area contributed by atoms with Crippen LogP contribution >= 0.6 is 0 Å². The first kappa shape index (κ1) is 22.3. The molecule has 2 heterocycles. The van der Waals surface area contributed by atoms with Gasteiger partial charge in [0.25, 0.3) is 0 Å². The molecule has 5 heteroatoms. The molecule has 1 aromatic heterocycles. The Balaban J connectivity index is 1.85. The molecular formula is C29H31NO4. The number of ether oxygens (including phenoxy) is 3. The number of allylic oxidation sites excluding steroid dienone is 1. The van der Waals surface area contributed by atoms with Crippen molar-refractivity contribution in [2.24, 2.45) is 0 Å². The summed E-state index contributed by atoms with van der Waals surface area (Å²) in [5.41, 5.74) is 7.44. The normalized spacial score (nSPS) is 15.7. The number of benzene rings is 2. The van der Waals surface area contributed by atoms with Gasteiger partial charge in [0.2, 0.25) is 0 Å². The molecule has 0 spiro atoms. The minimum atomic E-state index is -0.326. The third kappa shape index (κ3) is 3.69. The lowest BCUT2D eigenvalue weighted by Gasteiger charge is -2.24. The average molecular weight is 458 g/mol. The maximum atomic E-state index is 12.4. The summed E-state index contributed by atoms with van der Waals surface area (Å²) in [7, 11) is 4.76. The van der Waals surface area contributed by atoms with E-state index in [0.717, 1.165) is 28.0 Å². The van der Waals surface area contributed by atoms with Crippen LogP contribution in [0.2, 0.25) is 0 Å². The van der Waals surface area contributed by atoms with Crippen LogP contribution in [0.5, 0.6) is 5.75 Å².